The molecule has 0 aromatic carbocycles. The van der Waals surface area contributed by atoms with Crippen molar-refractivity contribution in [1.29, 1.82) is 0 Å². The summed E-state index contributed by atoms with van der Waals surface area (Å²) in [6, 6.07) is 0.530. The topological polar surface area (TPSA) is 81.5 Å². The van der Waals surface area contributed by atoms with E-state index in [0.29, 0.717) is 12.6 Å². The van der Waals surface area contributed by atoms with Gasteiger partial charge in [-0.05, 0) is 11.6 Å². The van der Waals surface area contributed by atoms with Crippen LogP contribution in [0.4, 0.5) is 0 Å². The third kappa shape index (κ3) is 2.44. The second kappa shape index (κ2) is 4.26. The predicted octanol–water partition coefficient (Wildman–Crippen LogP) is -0.128. The van der Waals surface area contributed by atoms with Crippen molar-refractivity contribution in [3.8, 4) is 12.0 Å². The lowest BCUT2D eigenvalue weighted by atomic mass is 10.7. The first-order chi connectivity index (χ1) is 7.28. The molecule has 80 valence electrons. The van der Waals surface area contributed by atoms with Crippen LogP contribution in [0.1, 0.15) is 0 Å². The maximum atomic E-state index is 5.63. The third-order valence-electron chi connectivity index (χ3n) is 1.58. The summed E-state index contributed by atoms with van der Waals surface area (Å²) in [5, 5.41) is 2.92. The van der Waals surface area contributed by atoms with E-state index in [2.05, 4.69) is 25.3 Å². The number of rotatable bonds is 2. The molecule has 0 amide bonds. The van der Waals surface area contributed by atoms with E-state index in [9.17, 15) is 0 Å². The van der Waals surface area contributed by atoms with Crippen LogP contribution in [0.2, 0.25) is 5.28 Å². The Balaban J connectivity index is 2.16. The molecule has 0 atom stereocenters. The number of nitrogens with zero attached hydrogens (tertiary/aromatic N) is 4. The van der Waals surface area contributed by atoms with Gasteiger partial charge >= 0.3 is 12.0 Å². The molecule has 7 nitrogen and oxygen atoms in total. The van der Waals surface area contributed by atoms with Gasteiger partial charge < -0.3 is 14.8 Å². The Morgan fingerprint density at radius 2 is 2.07 bits per heavy atom. The first-order valence-corrected chi connectivity index (χ1v) is 4.57. The Labute approximate surface area is 90.5 Å². The van der Waals surface area contributed by atoms with Crippen molar-refractivity contribution in [2.75, 3.05) is 20.2 Å². The summed E-state index contributed by atoms with van der Waals surface area (Å²) in [5.74, 6) is 0. The normalized spacial score (nSPS) is 14.4. The maximum absolute atomic E-state index is 5.63. The molecule has 0 saturated heterocycles. The third-order valence-corrected chi connectivity index (χ3v) is 1.75. The van der Waals surface area contributed by atoms with Crippen molar-refractivity contribution in [2.24, 2.45) is 4.99 Å². The average molecular weight is 230 g/mol. The predicted molar refractivity (Wildman–Crippen MR) is 52.3 cm³/mol. The summed E-state index contributed by atoms with van der Waals surface area (Å²) >= 11 is 5.63. The van der Waals surface area contributed by atoms with E-state index in [1.165, 1.54) is 7.11 Å². The van der Waals surface area contributed by atoms with Crippen LogP contribution in [0.5, 0.6) is 12.0 Å². The zero-order valence-electron chi connectivity index (χ0n) is 7.90. The van der Waals surface area contributed by atoms with Crippen molar-refractivity contribution in [3.05, 3.63) is 5.28 Å². The highest BCUT2D eigenvalue weighted by Crippen LogP contribution is 2.12. The lowest BCUT2D eigenvalue weighted by Gasteiger charge is -2.04. The summed E-state index contributed by atoms with van der Waals surface area (Å²) in [5.41, 5.74) is 0. The molecule has 1 aliphatic rings. The van der Waals surface area contributed by atoms with Gasteiger partial charge in [-0.2, -0.15) is 9.97 Å². The van der Waals surface area contributed by atoms with E-state index in [0.717, 1.165) is 6.54 Å². The highest BCUT2D eigenvalue weighted by molar-refractivity contribution is 6.28. The first kappa shape index (κ1) is 9.91. The lowest BCUT2D eigenvalue weighted by Crippen LogP contribution is -2.25. The number of nitrogens with one attached hydrogen (secondary N) is 1. The highest BCUT2D eigenvalue weighted by Gasteiger charge is 2.12. The zero-order valence-corrected chi connectivity index (χ0v) is 8.65. The summed E-state index contributed by atoms with van der Waals surface area (Å²) < 4.78 is 10.0. The van der Waals surface area contributed by atoms with Crippen molar-refractivity contribution in [1.82, 2.24) is 20.3 Å². The van der Waals surface area contributed by atoms with Crippen molar-refractivity contribution < 1.29 is 9.47 Å². The standard InChI is InChI=1S/C7H8ClN5O2/c1-14-6-11-4(8)12-7(13-6)15-5-9-2-3-10-5/h2-3H2,1H3,(H,9,10). The summed E-state index contributed by atoms with van der Waals surface area (Å²) in [6.07, 6.45) is 0. The van der Waals surface area contributed by atoms with Gasteiger partial charge in [-0.15, -0.1) is 4.98 Å². The maximum Gasteiger partial charge on any atom is 0.331 e. The summed E-state index contributed by atoms with van der Waals surface area (Å²) in [6.45, 7) is 1.41. The molecule has 2 rings (SSSR count). The highest BCUT2D eigenvalue weighted by atomic mass is 35.5. The van der Waals surface area contributed by atoms with Gasteiger partial charge in [0.2, 0.25) is 5.28 Å². The molecular formula is C7H8ClN5O2. The number of aromatic nitrogens is 3. The van der Waals surface area contributed by atoms with Gasteiger partial charge in [0, 0.05) is 6.54 Å². The lowest BCUT2D eigenvalue weighted by molar-refractivity contribution is 0.365. The molecule has 2 heterocycles. The van der Waals surface area contributed by atoms with Crippen LogP contribution < -0.4 is 14.8 Å². The Bertz CT molecular complexity index is 397. The van der Waals surface area contributed by atoms with E-state index in [1.807, 2.05) is 0 Å². The van der Waals surface area contributed by atoms with Crippen molar-refractivity contribution >= 4 is 17.6 Å². The van der Waals surface area contributed by atoms with Crippen molar-refractivity contribution in [3.63, 3.8) is 0 Å². The molecular weight excluding hydrogens is 222 g/mol. The molecule has 0 unspecified atom stereocenters. The quantitative estimate of drug-likeness (QED) is 0.761. The van der Waals surface area contributed by atoms with Crippen LogP contribution in [0, 0.1) is 0 Å². The molecule has 1 aromatic heterocycles. The Morgan fingerprint density at radius 1 is 1.27 bits per heavy atom. The van der Waals surface area contributed by atoms with Gasteiger partial charge in [0.1, 0.15) is 0 Å². The molecule has 0 spiro atoms. The second-order valence-corrected chi connectivity index (χ2v) is 2.93. The van der Waals surface area contributed by atoms with Crippen LogP contribution in [0.15, 0.2) is 4.99 Å². The SMILES string of the molecule is COc1nc(Cl)nc(OC2=NCCN2)n1. The van der Waals surface area contributed by atoms with E-state index in [1.54, 1.807) is 0 Å². The monoisotopic (exact) mass is 229 g/mol. The van der Waals surface area contributed by atoms with Gasteiger partial charge in [0.15, 0.2) is 0 Å². The summed E-state index contributed by atoms with van der Waals surface area (Å²) in [4.78, 5) is 15.3. The second-order valence-electron chi connectivity index (χ2n) is 2.59. The molecule has 0 saturated carbocycles. The van der Waals surface area contributed by atoms with Crippen LogP contribution in [0.3, 0.4) is 0 Å². The molecule has 0 bridgehead atoms. The number of hydrogen-bond acceptors (Lipinski definition) is 7. The van der Waals surface area contributed by atoms with Gasteiger partial charge in [0.05, 0.1) is 13.7 Å². The zero-order chi connectivity index (χ0) is 10.7. The largest absolute Gasteiger partial charge is 0.467 e. The molecule has 1 aromatic rings. The molecule has 1 aliphatic heterocycles. The minimum atomic E-state index is 0.00967. The van der Waals surface area contributed by atoms with Crippen LogP contribution in [-0.4, -0.2) is 41.2 Å². The van der Waals surface area contributed by atoms with E-state index in [4.69, 9.17) is 21.1 Å². The Hall–Kier alpha value is -1.63. The first-order valence-electron chi connectivity index (χ1n) is 4.19. The number of halogens is 1. The summed E-state index contributed by atoms with van der Waals surface area (Å²) in [7, 11) is 1.43. The Morgan fingerprint density at radius 3 is 2.73 bits per heavy atom. The molecule has 0 fully saturated rings. The van der Waals surface area contributed by atoms with Crippen LogP contribution in [0.25, 0.3) is 0 Å². The van der Waals surface area contributed by atoms with Crippen molar-refractivity contribution in [2.45, 2.75) is 0 Å². The average Bonchev–Trinajstić information content (AvgIpc) is 2.69. The smallest absolute Gasteiger partial charge is 0.331 e. The molecule has 8 heteroatoms. The fourth-order valence-corrected chi connectivity index (χ4v) is 1.13. The number of aliphatic imine (C=N–C) groups is 1. The van der Waals surface area contributed by atoms with Crippen LogP contribution >= 0.6 is 11.6 Å². The van der Waals surface area contributed by atoms with E-state index < -0.39 is 0 Å². The van der Waals surface area contributed by atoms with Gasteiger partial charge in [-0.25, -0.2) is 4.99 Å². The number of methoxy groups -OCH3 is 1. The molecule has 0 radical (unpaired) electrons. The minimum Gasteiger partial charge on any atom is -0.467 e. The number of amidine groups is 1. The minimum absolute atomic E-state index is 0.00967. The molecule has 15 heavy (non-hydrogen) atoms. The number of hydrogen-bond donors (Lipinski definition) is 1. The van der Waals surface area contributed by atoms with Gasteiger partial charge in [-0.1, -0.05) is 0 Å². The fourth-order valence-electron chi connectivity index (χ4n) is 0.983. The number of ether oxygens (including phenoxy) is 2. The Kier molecular flexibility index (Phi) is 2.82. The molecule has 0 aliphatic carbocycles. The van der Waals surface area contributed by atoms with E-state index in [-0.39, 0.29) is 17.3 Å². The molecule has 1 N–H and O–H groups in total. The van der Waals surface area contributed by atoms with Gasteiger partial charge in [0.25, 0.3) is 6.02 Å². The van der Waals surface area contributed by atoms with E-state index >= 15 is 0 Å². The van der Waals surface area contributed by atoms with Gasteiger partial charge in [-0.3, -0.25) is 0 Å². The fraction of sp³-hybridized carbons (Fsp3) is 0.429. The van der Waals surface area contributed by atoms with Crippen LogP contribution in [-0.2, 0) is 0 Å².